The van der Waals surface area contributed by atoms with Crippen molar-refractivity contribution in [2.24, 2.45) is 0 Å². The Morgan fingerprint density at radius 1 is 0.539 bits per heavy atom. The highest BCUT2D eigenvalue weighted by Crippen LogP contribution is 2.50. The number of phosphoric ester groups is 1. The van der Waals surface area contributed by atoms with E-state index in [1.807, 2.05) is 30.3 Å². The normalized spacial score (nSPS) is 17.0. The molecule has 1 aliphatic rings. The van der Waals surface area contributed by atoms with Crippen LogP contribution < -0.4 is 19.7 Å². The van der Waals surface area contributed by atoms with Crippen LogP contribution in [-0.4, -0.2) is 114 Å². The molecule has 23 heteroatoms. The number of rotatable bonds is 60. The zero-order valence-electron chi connectivity index (χ0n) is 61.7. The van der Waals surface area contributed by atoms with Gasteiger partial charge in [-0.15, -0.1) is 0 Å². The lowest BCUT2D eigenvalue weighted by Gasteiger charge is -2.44. The summed E-state index contributed by atoms with van der Waals surface area (Å²) in [7, 11) is -4.71. The Balaban J connectivity index is 1.73. The second-order valence-corrected chi connectivity index (χ2v) is 31.1. The highest BCUT2D eigenvalue weighted by molar-refractivity contribution is 7.49. The summed E-state index contributed by atoms with van der Waals surface area (Å²) < 4.78 is 74.0. The number of unbranched alkanes of at least 4 members (excludes halogenated alkanes) is 28. The molecule has 1 saturated heterocycles. The highest BCUT2D eigenvalue weighted by atomic mass is 35.6. The van der Waals surface area contributed by atoms with E-state index in [0.29, 0.717) is 32.1 Å². The number of halogens is 3. The van der Waals surface area contributed by atoms with Crippen molar-refractivity contribution in [3.8, 4) is 11.5 Å². The molecule has 1 aliphatic heterocycles. The predicted octanol–water partition coefficient (Wildman–Crippen LogP) is 20.2. The first-order valence-electron chi connectivity index (χ1n) is 38.6. The second kappa shape index (κ2) is 55.7. The van der Waals surface area contributed by atoms with E-state index >= 15 is 0 Å². The molecule has 4 rings (SSSR count). The maximum absolute atomic E-state index is 14.9. The molecule has 19 nitrogen and oxygen atoms in total. The van der Waals surface area contributed by atoms with E-state index in [9.17, 15) is 33.6 Å². The summed E-state index contributed by atoms with van der Waals surface area (Å²) >= 11 is 18.2. The maximum Gasteiger partial charge on any atom is 0.587 e. The van der Waals surface area contributed by atoms with Crippen LogP contribution in [0, 0.1) is 0 Å². The minimum absolute atomic E-state index is 0.117. The lowest BCUT2D eigenvalue weighted by molar-refractivity contribution is -0.274. The van der Waals surface area contributed by atoms with Gasteiger partial charge in [0.05, 0.1) is 45.3 Å². The molecule has 0 aromatic heterocycles. The molecule has 2 amide bonds. The first-order valence-corrected chi connectivity index (χ1v) is 41.2. The lowest BCUT2D eigenvalue weighted by Crippen LogP contribution is -2.66. The van der Waals surface area contributed by atoms with Crippen LogP contribution in [0.1, 0.15) is 277 Å². The standard InChI is InChI=1S/C79H124Cl3N2O17P/c1-5-9-13-17-21-23-27-29-38-52-67(96-71(86)54-44-31-25-19-15-11-7-3)56-70(85)83-64(59-92-58-63-46-36-33-37-47-63)60-93-77-74(84-78(90)94-62-79(80,81)82)76(75(89)69(98-77)61-95-102(91,100-65-48-40-34-41-49-65)101-66-50-42-35-43-51-66)99-73(88)57-68(53-39-30-28-24-22-18-14-10-6-2)97-72(87)55-45-32-26-20-16-12-8-4/h33-37,40-43,46-51,64,67-69,74-77,89H,5-32,38-39,44-45,52-62H2,1-4H3,(H,83,85)(H,84,90)/t64-,67+,68+,69+,74+,75+,76+,77+/m0/s1. The molecule has 3 N–H and O–H groups in total. The van der Waals surface area contributed by atoms with Crippen molar-refractivity contribution in [2.45, 2.75) is 331 Å². The molecule has 578 valence electrons. The smallest absolute Gasteiger partial charge is 0.462 e. The first-order chi connectivity index (χ1) is 49.4. The van der Waals surface area contributed by atoms with Crippen LogP contribution in [0.25, 0.3) is 0 Å². The molecular formula is C79H124Cl3N2O17P. The summed E-state index contributed by atoms with van der Waals surface area (Å²) in [6.07, 6.45) is 24.0. The Hall–Kier alpha value is -4.69. The average Bonchev–Trinajstić information content (AvgIpc) is 0.788. The molecule has 1 fully saturated rings. The fourth-order valence-electron chi connectivity index (χ4n) is 12.1. The summed E-state index contributed by atoms with van der Waals surface area (Å²) in [6.45, 7) is 6.80. The van der Waals surface area contributed by atoms with E-state index in [0.717, 1.165) is 147 Å². The van der Waals surface area contributed by atoms with Gasteiger partial charge in [-0.2, -0.15) is 0 Å². The number of carbonyl (C=O) groups is 5. The number of alkyl halides is 3. The van der Waals surface area contributed by atoms with Gasteiger partial charge < -0.3 is 57.9 Å². The fraction of sp³-hybridized carbons (Fsp3) is 0.709. The topological polar surface area (TPSA) is 239 Å². The number of nitrogens with one attached hydrogen (secondary N) is 2. The maximum atomic E-state index is 14.9. The Bertz CT molecular complexity index is 2660. The summed E-state index contributed by atoms with van der Waals surface area (Å²) in [5, 5.41) is 18.3. The number of ether oxygens (including phenoxy) is 7. The molecule has 0 bridgehead atoms. The monoisotopic (exact) mass is 1510 g/mol. The van der Waals surface area contributed by atoms with Crippen LogP contribution in [0.2, 0.25) is 0 Å². The third-order valence-corrected chi connectivity index (χ3v) is 19.5. The van der Waals surface area contributed by atoms with Gasteiger partial charge in [0, 0.05) is 12.8 Å². The van der Waals surface area contributed by atoms with E-state index in [2.05, 4.69) is 38.3 Å². The molecule has 0 radical (unpaired) electrons. The quantitative estimate of drug-likeness (QED) is 0.0156. The van der Waals surface area contributed by atoms with Crippen molar-refractivity contribution in [2.75, 3.05) is 26.4 Å². The summed E-state index contributed by atoms with van der Waals surface area (Å²) in [6, 6.07) is 23.1. The number of esters is 3. The molecule has 1 heterocycles. The number of aliphatic hydroxyl groups excluding tert-OH is 1. The van der Waals surface area contributed by atoms with Gasteiger partial charge in [-0.3, -0.25) is 23.7 Å². The van der Waals surface area contributed by atoms with Gasteiger partial charge in [0.2, 0.25) is 9.70 Å². The van der Waals surface area contributed by atoms with Gasteiger partial charge in [0.1, 0.15) is 48.6 Å². The molecule has 8 atom stereocenters. The van der Waals surface area contributed by atoms with Crippen molar-refractivity contribution in [3.63, 3.8) is 0 Å². The van der Waals surface area contributed by atoms with Crippen molar-refractivity contribution in [1.29, 1.82) is 0 Å². The number of alkyl carbamates (subject to hydrolysis) is 1. The van der Waals surface area contributed by atoms with E-state index in [1.54, 1.807) is 60.7 Å². The van der Waals surface area contributed by atoms with Crippen molar-refractivity contribution in [1.82, 2.24) is 10.6 Å². The lowest BCUT2D eigenvalue weighted by atomic mass is 9.96. The van der Waals surface area contributed by atoms with E-state index in [-0.39, 0.29) is 49.9 Å². The van der Waals surface area contributed by atoms with Crippen LogP contribution in [0.5, 0.6) is 11.5 Å². The number of phosphoric acid groups is 1. The number of amides is 2. The van der Waals surface area contributed by atoms with Crippen LogP contribution in [0.15, 0.2) is 91.0 Å². The highest BCUT2D eigenvalue weighted by Gasteiger charge is 2.51. The Morgan fingerprint density at radius 3 is 1.41 bits per heavy atom. The molecule has 0 saturated carbocycles. The zero-order valence-corrected chi connectivity index (χ0v) is 64.9. The number of aliphatic hydroxyl groups is 1. The summed E-state index contributed by atoms with van der Waals surface area (Å²) in [5.41, 5.74) is 0.843. The number of para-hydroxylation sites is 2. The predicted molar refractivity (Wildman–Crippen MR) is 403 cm³/mol. The van der Waals surface area contributed by atoms with Crippen molar-refractivity contribution >= 4 is 72.5 Å². The van der Waals surface area contributed by atoms with Crippen LogP contribution in [-0.2, 0) is 68.0 Å². The van der Waals surface area contributed by atoms with Crippen LogP contribution >= 0.6 is 42.6 Å². The number of carbonyl (C=O) groups excluding carboxylic acids is 5. The number of benzene rings is 3. The molecule has 102 heavy (non-hydrogen) atoms. The van der Waals surface area contributed by atoms with Crippen LogP contribution in [0.3, 0.4) is 0 Å². The van der Waals surface area contributed by atoms with E-state index in [1.165, 1.54) is 44.9 Å². The average molecular weight is 1510 g/mol. The SMILES string of the molecule is CCCCCCCCCCC[C@H](CC(=O)N[C@@H](COCc1ccccc1)CO[C@@H]1O[C@H](COP(=O)(Oc2ccccc2)Oc2ccccc2)[C@@H](O)[C@H](OC(=O)C[C@@H](CCCCCCCCCCC)OC(=O)CCCCCCCCC)[C@H]1NC(=O)OCC(Cl)(Cl)Cl)OC(=O)CCCCCCCCC. The van der Waals surface area contributed by atoms with Gasteiger partial charge in [-0.05, 0) is 68.4 Å². The summed E-state index contributed by atoms with van der Waals surface area (Å²) in [5.74, 6) is -1.96. The van der Waals surface area contributed by atoms with Gasteiger partial charge in [0.15, 0.2) is 12.4 Å². The summed E-state index contributed by atoms with van der Waals surface area (Å²) in [4.78, 5) is 70.4. The van der Waals surface area contributed by atoms with Crippen LogP contribution in [0.4, 0.5) is 4.79 Å². The molecule has 0 spiro atoms. The third kappa shape index (κ3) is 43.1. The molecule has 3 aromatic carbocycles. The molecular weight excluding hydrogens is 1390 g/mol. The van der Waals surface area contributed by atoms with Crippen molar-refractivity contribution < 1.29 is 80.4 Å². The van der Waals surface area contributed by atoms with Gasteiger partial charge in [-0.1, -0.05) is 309 Å². The third-order valence-electron chi connectivity index (χ3n) is 17.8. The largest absolute Gasteiger partial charge is 0.587 e. The number of hydrogen-bond donors (Lipinski definition) is 3. The number of hydrogen-bond acceptors (Lipinski definition) is 17. The molecule has 0 unspecified atom stereocenters. The van der Waals surface area contributed by atoms with Crippen molar-refractivity contribution in [3.05, 3.63) is 96.6 Å². The minimum Gasteiger partial charge on any atom is -0.462 e. The Kier molecular flexibility index (Phi) is 49.0. The Morgan fingerprint density at radius 2 is 0.961 bits per heavy atom. The second-order valence-electron chi connectivity index (χ2n) is 27.1. The van der Waals surface area contributed by atoms with E-state index < -0.39 is 111 Å². The van der Waals surface area contributed by atoms with Gasteiger partial charge >= 0.3 is 31.8 Å². The minimum atomic E-state index is -4.71. The molecule has 0 aliphatic carbocycles. The zero-order chi connectivity index (χ0) is 73.7. The fourth-order valence-corrected chi connectivity index (χ4v) is 13.5. The van der Waals surface area contributed by atoms with Gasteiger partial charge in [-0.25, -0.2) is 9.36 Å². The first kappa shape index (κ1) is 89.7. The van der Waals surface area contributed by atoms with Gasteiger partial charge in [0.25, 0.3) is 0 Å². The van der Waals surface area contributed by atoms with E-state index in [4.69, 9.17) is 81.5 Å². The molecule has 3 aromatic rings. The Labute approximate surface area is 625 Å².